The Labute approximate surface area is 297 Å². The fourth-order valence-electron chi connectivity index (χ4n) is 6.02. The molecule has 51 heavy (non-hydrogen) atoms. The summed E-state index contributed by atoms with van der Waals surface area (Å²) in [5.74, 6) is 2.80. The van der Waals surface area contributed by atoms with Gasteiger partial charge in [-0.15, -0.1) is 0 Å². The molecule has 1 atom stereocenters. The summed E-state index contributed by atoms with van der Waals surface area (Å²) in [6, 6.07) is 24.9. The van der Waals surface area contributed by atoms with Crippen LogP contribution in [0.25, 0.3) is 11.8 Å². The van der Waals surface area contributed by atoms with Gasteiger partial charge in [-0.05, 0) is 66.1 Å². The van der Waals surface area contributed by atoms with E-state index in [-0.39, 0.29) is 31.1 Å². The van der Waals surface area contributed by atoms with Crippen LogP contribution in [0, 0.1) is 0 Å². The first-order valence-electron chi connectivity index (χ1n) is 16.1. The molecular formula is C39H34N2O9S. The lowest BCUT2D eigenvalue weighted by atomic mass is 9.93. The van der Waals surface area contributed by atoms with Crippen molar-refractivity contribution < 1.29 is 38.0 Å². The smallest absolute Gasteiger partial charge is 0.338 e. The normalized spacial score (nSPS) is 14.8. The number of thiazole rings is 1. The Kier molecular flexibility index (Phi) is 9.49. The van der Waals surface area contributed by atoms with Gasteiger partial charge < -0.3 is 33.2 Å². The highest BCUT2D eigenvalue weighted by atomic mass is 32.1. The van der Waals surface area contributed by atoms with E-state index in [0.29, 0.717) is 66.2 Å². The molecule has 2 aliphatic rings. The molecule has 4 aromatic carbocycles. The van der Waals surface area contributed by atoms with Crippen molar-refractivity contribution in [3.8, 4) is 34.5 Å². The molecule has 0 saturated heterocycles. The van der Waals surface area contributed by atoms with Crippen LogP contribution in [-0.2, 0) is 16.1 Å². The number of aromatic nitrogens is 1. The quantitative estimate of drug-likeness (QED) is 0.170. The van der Waals surface area contributed by atoms with E-state index in [4.69, 9.17) is 38.2 Å². The second-order valence-corrected chi connectivity index (χ2v) is 12.4. The van der Waals surface area contributed by atoms with Crippen LogP contribution in [0.15, 0.2) is 100 Å². The van der Waals surface area contributed by atoms with Crippen LogP contribution < -0.4 is 43.3 Å². The van der Waals surface area contributed by atoms with Gasteiger partial charge in [0.05, 0.1) is 49.8 Å². The molecule has 0 fully saturated rings. The third-order valence-electron chi connectivity index (χ3n) is 8.41. The Hall–Kier alpha value is -6.01. The fourth-order valence-corrected chi connectivity index (χ4v) is 7.02. The van der Waals surface area contributed by atoms with E-state index in [1.807, 2.05) is 60.7 Å². The van der Waals surface area contributed by atoms with Crippen molar-refractivity contribution in [1.82, 2.24) is 4.57 Å². The summed E-state index contributed by atoms with van der Waals surface area (Å²) in [4.78, 5) is 33.5. The summed E-state index contributed by atoms with van der Waals surface area (Å²) in [6.45, 7) is 2.37. The van der Waals surface area contributed by atoms with E-state index in [1.54, 1.807) is 51.5 Å². The fraction of sp³-hybridized carbons (Fsp3) is 0.205. The lowest BCUT2D eigenvalue weighted by Gasteiger charge is -2.26. The van der Waals surface area contributed by atoms with Crippen LogP contribution in [0.2, 0.25) is 0 Å². The Morgan fingerprint density at radius 3 is 2.39 bits per heavy atom. The van der Waals surface area contributed by atoms with Gasteiger partial charge in [-0.2, -0.15) is 0 Å². The standard InChI is InChI=1S/C39H34N2O9S/c1-5-47-38(43)34-35(25-9-7-6-8-10-25)40-39-41(36(34)26-13-16-27(44-2)31(20-26)46-4)37(42)33(51-39)19-23-11-14-28(30(17-23)45-3)48-21-24-12-15-29-32(18-24)50-22-49-29/h6-20,36H,5,21-22H2,1-4H3/b33-19-/t36-/m1/s1. The number of carbonyl (C=O) groups excluding carboxylic acids is 1. The van der Waals surface area contributed by atoms with Crippen LogP contribution in [0.1, 0.15) is 35.2 Å². The minimum Gasteiger partial charge on any atom is -0.493 e. The van der Waals surface area contributed by atoms with Gasteiger partial charge >= 0.3 is 5.97 Å². The maximum absolute atomic E-state index is 14.4. The highest BCUT2D eigenvalue weighted by Crippen LogP contribution is 2.39. The highest BCUT2D eigenvalue weighted by molar-refractivity contribution is 7.07. The largest absolute Gasteiger partial charge is 0.493 e. The molecule has 11 nitrogen and oxygen atoms in total. The van der Waals surface area contributed by atoms with Gasteiger partial charge in [0.1, 0.15) is 6.61 Å². The van der Waals surface area contributed by atoms with E-state index >= 15 is 0 Å². The van der Waals surface area contributed by atoms with Gasteiger partial charge in [-0.25, -0.2) is 9.79 Å². The Bertz CT molecular complexity index is 2330. The van der Waals surface area contributed by atoms with Crippen LogP contribution >= 0.6 is 11.3 Å². The summed E-state index contributed by atoms with van der Waals surface area (Å²) in [7, 11) is 4.64. The van der Waals surface area contributed by atoms with Gasteiger partial charge in [-0.3, -0.25) is 9.36 Å². The lowest BCUT2D eigenvalue weighted by Crippen LogP contribution is -2.40. The number of hydrogen-bond acceptors (Lipinski definition) is 11. The summed E-state index contributed by atoms with van der Waals surface area (Å²) in [6.07, 6.45) is 1.77. The van der Waals surface area contributed by atoms with Gasteiger partial charge in [0.25, 0.3) is 5.56 Å². The number of nitrogens with zero attached hydrogens (tertiary/aromatic N) is 2. The third kappa shape index (κ3) is 6.53. The molecule has 0 amide bonds. The SMILES string of the molecule is CCOC(=O)C1=C(c2ccccc2)N=c2s/c(=C\c3ccc(OCc4ccc5c(c4)OCO5)c(OC)c3)c(=O)n2[C@@H]1c1ccc(OC)c(OC)c1. The van der Waals surface area contributed by atoms with E-state index in [9.17, 15) is 9.59 Å². The molecule has 3 heterocycles. The number of carbonyl (C=O) groups is 1. The number of fused-ring (bicyclic) bond motifs is 2. The average Bonchev–Trinajstić information content (AvgIpc) is 3.76. The molecule has 2 aliphatic heterocycles. The van der Waals surface area contributed by atoms with Gasteiger partial charge in [-0.1, -0.05) is 59.9 Å². The lowest BCUT2D eigenvalue weighted by molar-refractivity contribution is -0.138. The number of benzene rings is 4. The number of esters is 1. The molecule has 260 valence electrons. The molecule has 0 spiro atoms. The Morgan fingerprint density at radius 2 is 1.63 bits per heavy atom. The first-order valence-corrected chi connectivity index (χ1v) is 16.9. The Morgan fingerprint density at radius 1 is 0.882 bits per heavy atom. The number of rotatable bonds is 11. The van der Waals surface area contributed by atoms with Crippen LogP contribution in [-0.4, -0.2) is 45.3 Å². The van der Waals surface area contributed by atoms with Crippen molar-refractivity contribution in [2.75, 3.05) is 34.7 Å². The summed E-state index contributed by atoms with van der Waals surface area (Å²) in [5.41, 5.74) is 3.29. The van der Waals surface area contributed by atoms with Crippen LogP contribution in [0.4, 0.5) is 0 Å². The predicted octanol–water partition coefficient (Wildman–Crippen LogP) is 5.27. The molecule has 0 bridgehead atoms. The van der Waals surface area contributed by atoms with Crippen LogP contribution in [0.3, 0.4) is 0 Å². The van der Waals surface area contributed by atoms with Crippen LogP contribution in [0.5, 0.6) is 34.5 Å². The van der Waals surface area contributed by atoms with Crippen molar-refractivity contribution >= 4 is 29.1 Å². The van der Waals surface area contributed by atoms with Gasteiger partial charge in [0, 0.05) is 5.56 Å². The monoisotopic (exact) mass is 706 g/mol. The maximum Gasteiger partial charge on any atom is 0.338 e. The number of hydrogen-bond donors (Lipinski definition) is 0. The molecule has 0 unspecified atom stereocenters. The minimum absolute atomic E-state index is 0.145. The van der Waals surface area contributed by atoms with Crippen molar-refractivity contribution in [2.24, 2.45) is 4.99 Å². The zero-order valence-electron chi connectivity index (χ0n) is 28.3. The second kappa shape index (κ2) is 14.5. The summed E-state index contributed by atoms with van der Waals surface area (Å²) in [5, 5.41) is 0. The minimum atomic E-state index is -0.876. The van der Waals surface area contributed by atoms with E-state index in [0.717, 1.165) is 5.56 Å². The van der Waals surface area contributed by atoms with Gasteiger partial charge in [0.15, 0.2) is 39.3 Å². The molecular weight excluding hydrogens is 673 g/mol. The van der Waals surface area contributed by atoms with Crippen molar-refractivity contribution in [1.29, 1.82) is 0 Å². The number of ether oxygens (including phenoxy) is 7. The first kappa shape index (κ1) is 33.5. The molecule has 7 rings (SSSR count). The molecule has 5 aromatic rings. The molecule has 1 aromatic heterocycles. The van der Waals surface area contributed by atoms with Crippen molar-refractivity contribution in [3.63, 3.8) is 0 Å². The summed E-state index contributed by atoms with van der Waals surface area (Å²) < 4.78 is 41.3. The zero-order chi connectivity index (χ0) is 35.5. The van der Waals surface area contributed by atoms with Crippen molar-refractivity contribution in [2.45, 2.75) is 19.6 Å². The molecule has 0 N–H and O–H groups in total. The number of methoxy groups -OCH3 is 3. The second-order valence-electron chi connectivity index (χ2n) is 11.4. The first-order chi connectivity index (χ1) is 24.9. The van der Waals surface area contributed by atoms with Crippen molar-refractivity contribution in [3.05, 3.63) is 132 Å². The average molecular weight is 707 g/mol. The topological polar surface area (TPSA) is 116 Å². The molecule has 0 radical (unpaired) electrons. The van der Waals surface area contributed by atoms with E-state index in [1.165, 1.54) is 23.0 Å². The molecule has 0 aliphatic carbocycles. The van der Waals surface area contributed by atoms with E-state index < -0.39 is 12.0 Å². The zero-order valence-corrected chi connectivity index (χ0v) is 29.2. The maximum atomic E-state index is 14.4. The predicted molar refractivity (Wildman–Crippen MR) is 190 cm³/mol. The summed E-state index contributed by atoms with van der Waals surface area (Å²) >= 11 is 1.23. The Balaban J connectivity index is 1.32. The molecule has 12 heteroatoms. The highest BCUT2D eigenvalue weighted by Gasteiger charge is 2.35. The van der Waals surface area contributed by atoms with Gasteiger partial charge in [0.2, 0.25) is 6.79 Å². The van der Waals surface area contributed by atoms with E-state index in [2.05, 4.69) is 0 Å². The molecule has 0 saturated carbocycles. The third-order valence-corrected chi connectivity index (χ3v) is 9.40.